The second-order valence-corrected chi connectivity index (χ2v) is 4.70. The highest BCUT2D eigenvalue weighted by Crippen LogP contribution is 2.33. The Kier molecular flexibility index (Phi) is 3.67. The SMILES string of the molecule is CC(=O)Oc1cc(Br)cc(-c2ccccc2O)c1. The first-order chi connectivity index (χ1) is 8.56. The van der Waals surface area contributed by atoms with Crippen LogP contribution in [0.4, 0.5) is 0 Å². The first-order valence-corrected chi connectivity index (χ1v) is 6.13. The van der Waals surface area contributed by atoms with Crippen molar-refractivity contribution in [2.45, 2.75) is 6.92 Å². The molecule has 18 heavy (non-hydrogen) atoms. The molecular weight excluding hydrogens is 296 g/mol. The Labute approximate surface area is 113 Å². The average Bonchev–Trinajstić information content (AvgIpc) is 2.27. The van der Waals surface area contributed by atoms with Gasteiger partial charge in [-0.3, -0.25) is 4.79 Å². The largest absolute Gasteiger partial charge is 0.507 e. The van der Waals surface area contributed by atoms with Crippen molar-refractivity contribution in [1.82, 2.24) is 0 Å². The molecule has 1 N–H and O–H groups in total. The van der Waals surface area contributed by atoms with Crippen molar-refractivity contribution in [1.29, 1.82) is 0 Å². The second kappa shape index (κ2) is 5.23. The summed E-state index contributed by atoms with van der Waals surface area (Å²) in [5, 5.41) is 9.80. The molecule has 0 aliphatic heterocycles. The van der Waals surface area contributed by atoms with Crippen LogP contribution in [0, 0.1) is 0 Å². The van der Waals surface area contributed by atoms with Crippen LogP contribution < -0.4 is 4.74 Å². The van der Waals surface area contributed by atoms with E-state index in [2.05, 4.69) is 15.9 Å². The lowest BCUT2D eigenvalue weighted by molar-refractivity contribution is -0.131. The molecule has 0 aliphatic carbocycles. The van der Waals surface area contributed by atoms with Crippen molar-refractivity contribution in [3.63, 3.8) is 0 Å². The molecule has 0 amide bonds. The van der Waals surface area contributed by atoms with Gasteiger partial charge in [-0.1, -0.05) is 34.1 Å². The third-order valence-corrected chi connectivity index (χ3v) is 2.81. The Bertz CT molecular complexity index is 593. The number of halogens is 1. The molecule has 2 aromatic carbocycles. The molecule has 0 aromatic heterocycles. The van der Waals surface area contributed by atoms with Crippen LogP contribution in [0.15, 0.2) is 46.9 Å². The minimum atomic E-state index is -0.378. The number of phenolic OH excluding ortho intramolecular Hbond substituents is 1. The van der Waals surface area contributed by atoms with Crippen LogP contribution in [-0.2, 0) is 4.79 Å². The van der Waals surface area contributed by atoms with Gasteiger partial charge in [0.25, 0.3) is 0 Å². The maximum atomic E-state index is 11.0. The van der Waals surface area contributed by atoms with Crippen molar-refractivity contribution >= 4 is 21.9 Å². The van der Waals surface area contributed by atoms with Gasteiger partial charge >= 0.3 is 5.97 Å². The lowest BCUT2D eigenvalue weighted by Crippen LogP contribution is -2.01. The molecule has 0 bridgehead atoms. The first kappa shape index (κ1) is 12.6. The zero-order valence-corrected chi connectivity index (χ0v) is 11.3. The number of ether oxygens (including phenoxy) is 1. The maximum Gasteiger partial charge on any atom is 0.308 e. The minimum Gasteiger partial charge on any atom is -0.507 e. The number of hydrogen-bond acceptors (Lipinski definition) is 3. The van der Waals surface area contributed by atoms with Crippen LogP contribution in [0.5, 0.6) is 11.5 Å². The van der Waals surface area contributed by atoms with E-state index in [4.69, 9.17) is 4.74 Å². The van der Waals surface area contributed by atoms with E-state index in [-0.39, 0.29) is 11.7 Å². The van der Waals surface area contributed by atoms with Gasteiger partial charge in [0.2, 0.25) is 0 Å². The molecule has 0 fully saturated rings. The van der Waals surface area contributed by atoms with Gasteiger partial charge in [-0.15, -0.1) is 0 Å². The molecule has 0 atom stereocenters. The summed E-state index contributed by atoms with van der Waals surface area (Å²) in [5.74, 6) is 0.246. The number of hydrogen-bond donors (Lipinski definition) is 1. The van der Waals surface area contributed by atoms with Gasteiger partial charge in [-0.25, -0.2) is 0 Å². The fraction of sp³-hybridized carbons (Fsp3) is 0.0714. The average molecular weight is 307 g/mol. The van der Waals surface area contributed by atoms with E-state index < -0.39 is 0 Å². The molecule has 0 saturated heterocycles. The number of para-hydroxylation sites is 1. The summed E-state index contributed by atoms with van der Waals surface area (Å²) in [6, 6.07) is 12.3. The minimum absolute atomic E-state index is 0.185. The standard InChI is InChI=1S/C14H11BrO3/c1-9(16)18-12-7-10(6-11(15)8-12)13-4-2-3-5-14(13)17/h2-8,17H,1H3. The fourth-order valence-corrected chi connectivity index (χ4v) is 2.13. The van der Waals surface area contributed by atoms with Crippen LogP contribution in [0.25, 0.3) is 11.1 Å². The summed E-state index contributed by atoms with van der Waals surface area (Å²) in [6.07, 6.45) is 0. The fourth-order valence-electron chi connectivity index (χ4n) is 1.66. The van der Waals surface area contributed by atoms with Crippen molar-refractivity contribution in [3.05, 3.63) is 46.9 Å². The van der Waals surface area contributed by atoms with Gasteiger partial charge in [0.15, 0.2) is 0 Å². The predicted octanol–water partition coefficient (Wildman–Crippen LogP) is 3.75. The topological polar surface area (TPSA) is 46.5 Å². The molecule has 0 unspecified atom stereocenters. The Morgan fingerprint density at radius 3 is 2.61 bits per heavy atom. The monoisotopic (exact) mass is 306 g/mol. The smallest absolute Gasteiger partial charge is 0.308 e. The lowest BCUT2D eigenvalue weighted by Gasteiger charge is -2.08. The summed E-state index contributed by atoms with van der Waals surface area (Å²) in [7, 11) is 0. The zero-order valence-electron chi connectivity index (χ0n) is 9.68. The predicted molar refractivity (Wildman–Crippen MR) is 72.6 cm³/mol. The Balaban J connectivity index is 2.48. The lowest BCUT2D eigenvalue weighted by atomic mass is 10.0. The highest BCUT2D eigenvalue weighted by atomic mass is 79.9. The summed E-state index contributed by atoms with van der Waals surface area (Å²) >= 11 is 3.35. The molecule has 0 spiro atoms. The molecule has 0 aliphatic rings. The van der Waals surface area contributed by atoms with Crippen molar-refractivity contribution in [2.24, 2.45) is 0 Å². The molecule has 3 nitrogen and oxygen atoms in total. The molecule has 92 valence electrons. The first-order valence-electron chi connectivity index (χ1n) is 5.33. The normalized spacial score (nSPS) is 10.1. The van der Waals surface area contributed by atoms with Crippen LogP contribution >= 0.6 is 15.9 Å². The molecule has 0 heterocycles. The van der Waals surface area contributed by atoms with Crippen LogP contribution in [0.1, 0.15) is 6.92 Å². The van der Waals surface area contributed by atoms with Crippen LogP contribution in [0.2, 0.25) is 0 Å². The van der Waals surface area contributed by atoms with Crippen molar-refractivity contribution < 1.29 is 14.6 Å². The van der Waals surface area contributed by atoms with E-state index in [9.17, 15) is 9.90 Å². The summed E-state index contributed by atoms with van der Waals surface area (Å²) in [4.78, 5) is 11.0. The Hall–Kier alpha value is -1.81. The summed E-state index contributed by atoms with van der Waals surface area (Å²) < 4.78 is 5.82. The van der Waals surface area contributed by atoms with Crippen molar-refractivity contribution in [2.75, 3.05) is 0 Å². The summed E-state index contributed by atoms with van der Waals surface area (Å²) in [5.41, 5.74) is 1.46. The van der Waals surface area contributed by atoms with E-state index in [1.807, 2.05) is 12.1 Å². The number of phenols is 1. The number of carbonyl (C=O) groups is 1. The molecule has 0 saturated carbocycles. The highest BCUT2D eigenvalue weighted by molar-refractivity contribution is 9.10. The maximum absolute atomic E-state index is 11.0. The van der Waals surface area contributed by atoms with Crippen LogP contribution in [-0.4, -0.2) is 11.1 Å². The van der Waals surface area contributed by atoms with E-state index in [0.29, 0.717) is 11.3 Å². The van der Waals surface area contributed by atoms with Gasteiger partial charge in [0, 0.05) is 17.0 Å². The van der Waals surface area contributed by atoms with Crippen molar-refractivity contribution in [3.8, 4) is 22.6 Å². The number of esters is 1. The Morgan fingerprint density at radius 1 is 1.22 bits per heavy atom. The van der Waals surface area contributed by atoms with E-state index in [1.54, 1.807) is 30.3 Å². The summed E-state index contributed by atoms with van der Waals surface area (Å²) in [6.45, 7) is 1.35. The molecule has 0 radical (unpaired) electrons. The molecule has 4 heteroatoms. The third-order valence-electron chi connectivity index (χ3n) is 2.35. The van der Waals surface area contributed by atoms with Gasteiger partial charge in [-0.05, 0) is 29.8 Å². The van der Waals surface area contributed by atoms with E-state index in [1.165, 1.54) is 6.92 Å². The number of aromatic hydroxyl groups is 1. The number of benzene rings is 2. The number of carbonyl (C=O) groups excluding carboxylic acids is 1. The van der Waals surface area contributed by atoms with Gasteiger partial charge < -0.3 is 9.84 Å². The molecule has 2 aromatic rings. The van der Waals surface area contributed by atoms with Gasteiger partial charge in [-0.2, -0.15) is 0 Å². The third kappa shape index (κ3) is 2.90. The van der Waals surface area contributed by atoms with E-state index in [0.717, 1.165) is 10.0 Å². The quantitative estimate of drug-likeness (QED) is 0.679. The highest BCUT2D eigenvalue weighted by Gasteiger charge is 2.07. The Morgan fingerprint density at radius 2 is 1.94 bits per heavy atom. The van der Waals surface area contributed by atoms with Crippen LogP contribution in [0.3, 0.4) is 0 Å². The molecule has 2 rings (SSSR count). The molecular formula is C14H11BrO3. The zero-order chi connectivity index (χ0) is 13.1. The van der Waals surface area contributed by atoms with Gasteiger partial charge in [0.05, 0.1) is 0 Å². The second-order valence-electron chi connectivity index (χ2n) is 3.79. The number of rotatable bonds is 2. The van der Waals surface area contributed by atoms with Gasteiger partial charge in [0.1, 0.15) is 11.5 Å². The van der Waals surface area contributed by atoms with E-state index >= 15 is 0 Å².